The number of ether oxygens (including phenoxy) is 1. The molecule has 68 valence electrons. The second-order valence-corrected chi connectivity index (χ2v) is 3.01. The molecule has 0 bridgehead atoms. The van der Waals surface area contributed by atoms with Crippen molar-refractivity contribution in [1.29, 1.82) is 0 Å². The van der Waals surface area contributed by atoms with Crippen LogP contribution in [0.15, 0.2) is 18.2 Å². The van der Waals surface area contributed by atoms with Gasteiger partial charge in [-0.3, -0.25) is 0 Å². The van der Waals surface area contributed by atoms with E-state index in [1.807, 2.05) is 25.1 Å². The van der Waals surface area contributed by atoms with E-state index in [-0.39, 0.29) is 0 Å². The Hall–Kier alpha value is -1.13. The Balaban J connectivity index is 2.81. The van der Waals surface area contributed by atoms with E-state index in [0.717, 1.165) is 22.8 Å². The predicted molar refractivity (Wildman–Crippen MR) is 55.2 cm³/mol. The topological polar surface area (TPSA) is 9.23 Å². The van der Waals surface area contributed by atoms with Gasteiger partial charge in [0.1, 0.15) is 12.4 Å². The van der Waals surface area contributed by atoms with Crippen LogP contribution in [0.3, 0.4) is 0 Å². The normalized spacial score (nSPS) is 9.31. The van der Waals surface area contributed by atoms with Crippen LogP contribution in [-0.4, -0.2) is 6.61 Å². The molecule has 0 atom stereocenters. The van der Waals surface area contributed by atoms with Crippen LogP contribution >= 0.6 is 11.6 Å². The molecule has 0 aromatic heterocycles. The summed E-state index contributed by atoms with van der Waals surface area (Å²) in [6.45, 7) is 2.34. The van der Waals surface area contributed by atoms with E-state index in [1.165, 1.54) is 0 Å². The van der Waals surface area contributed by atoms with Crippen LogP contribution in [0.25, 0.3) is 0 Å². The quantitative estimate of drug-likeness (QED) is 0.673. The first-order chi connectivity index (χ1) is 6.27. The van der Waals surface area contributed by atoms with E-state index in [1.54, 1.807) is 0 Å². The van der Waals surface area contributed by atoms with Crippen molar-refractivity contribution in [2.24, 2.45) is 0 Å². The molecule has 0 saturated carbocycles. The highest BCUT2D eigenvalue weighted by Crippen LogP contribution is 2.22. The van der Waals surface area contributed by atoms with E-state index in [2.05, 4.69) is 5.92 Å². The average Bonchev–Trinajstić information content (AvgIpc) is 2.16. The van der Waals surface area contributed by atoms with Crippen molar-refractivity contribution < 1.29 is 4.74 Å². The summed E-state index contributed by atoms with van der Waals surface area (Å²) in [6.07, 6.45) is 5.97. The second kappa shape index (κ2) is 4.79. The Morgan fingerprint density at radius 3 is 2.92 bits per heavy atom. The van der Waals surface area contributed by atoms with Crippen molar-refractivity contribution in [1.82, 2.24) is 0 Å². The minimum absolute atomic E-state index is 0.296. The predicted octanol–water partition coefficient (Wildman–Crippen LogP) is 2.91. The number of halogens is 1. The largest absolute Gasteiger partial charge is 0.481 e. The molecular weight excluding hydrogens is 184 g/mol. The number of rotatable bonds is 3. The molecule has 0 fully saturated rings. The van der Waals surface area contributed by atoms with Gasteiger partial charge < -0.3 is 4.74 Å². The van der Waals surface area contributed by atoms with Gasteiger partial charge in [0, 0.05) is 5.02 Å². The summed E-state index contributed by atoms with van der Waals surface area (Å²) in [7, 11) is 0. The third-order valence-corrected chi connectivity index (χ3v) is 2.09. The van der Waals surface area contributed by atoms with Crippen LogP contribution in [0, 0.1) is 12.3 Å². The van der Waals surface area contributed by atoms with Gasteiger partial charge >= 0.3 is 0 Å². The van der Waals surface area contributed by atoms with Gasteiger partial charge in [-0.25, -0.2) is 0 Å². The van der Waals surface area contributed by atoms with Gasteiger partial charge in [0.2, 0.25) is 0 Å². The van der Waals surface area contributed by atoms with Crippen LogP contribution < -0.4 is 4.74 Å². The second-order valence-electron chi connectivity index (χ2n) is 2.60. The highest BCUT2D eigenvalue weighted by Gasteiger charge is 1.99. The first-order valence-corrected chi connectivity index (χ1v) is 4.50. The first kappa shape index (κ1) is 9.95. The molecule has 0 amide bonds. The molecule has 2 heteroatoms. The summed E-state index contributed by atoms with van der Waals surface area (Å²) in [5.74, 6) is 3.19. The lowest BCUT2D eigenvalue weighted by Crippen LogP contribution is -1.94. The maximum Gasteiger partial charge on any atom is 0.148 e. The SMILES string of the molecule is C#CCOc1ccc(Cl)c(CC)c1. The van der Waals surface area contributed by atoms with Crippen LogP contribution in [0.4, 0.5) is 0 Å². The monoisotopic (exact) mass is 194 g/mol. The van der Waals surface area contributed by atoms with Gasteiger partial charge in [-0.2, -0.15) is 0 Å². The van der Waals surface area contributed by atoms with Crippen LogP contribution in [0.1, 0.15) is 12.5 Å². The molecule has 1 aromatic carbocycles. The molecule has 1 nitrogen and oxygen atoms in total. The zero-order chi connectivity index (χ0) is 9.68. The standard InChI is InChI=1S/C11H11ClO/c1-3-7-13-10-5-6-11(12)9(4-2)8-10/h1,5-6,8H,4,7H2,2H3. The Labute approximate surface area is 83.7 Å². The van der Waals surface area contributed by atoms with E-state index in [4.69, 9.17) is 22.8 Å². The molecule has 0 heterocycles. The zero-order valence-corrected chi connectivity index (χ0v) is 8.27. The van der Waals surface area contributed by atoms with Crippen molar-refractivity contribution in [3.63, 3.8) is 0 Å². The lowest BCUT2D eigenvalue weighted by Gasteiger charge is -2.05. The smallest absolute Gasteiger partial charge is 0.148 e. The highest BCUT2D eigenvalue weighted by molar-refractivity contribution is 6.31. The molecule has 0 saturated heterocycles. The zero-order valence-electron chi connectivity index (χ0n) is 7.51. The van der Waals surface area contributed by atoms with Crippen molar-refractivity contribution in [2.45, 2.75) is 13.3 Å². The van der Waals surface area contributed by atoms with Crippen LogP contribution in [0.5, 0.6) is 5.75 Å². The van der Waals surface area contributed by atoms with E-state index < -0.39 is 0 Å². The van der Waals surface area contributed by atoms with Crippen LogP contribution in [-0.2, 0) is 6.42 Å². The van der Waals surface area contributed by atoms with E-state index in [0.29, 0.717) is 6.61 Å². The fourth-order valence-electron chi connectivity index (χ4n) is 1.04. The summed E-state index contributed by atoms with van der Waals surface area (Å²) in [5, 5.41) is 0.774. The summed E-state index contributed by atoms with van der Waals surface area (Å²) >= 11 is 5.93. The minimum Gasteiger partial charge on any atom is -0.481 e. The molecule has 1 aromatic rings. The molecule has 0 aliphatic heterocycles. The molecule has 13 heavy (non-hydrogen) atoms. The number of benzene rings is 1. The summed E-state index contributed by atoms with van der Waals surface area (Å²) in [4.78, 5) is 0. The fourth-order valence-corrected chi connectivity index (χ4v) is 1.29. The van der Waals surface area contributed by atoms with Gasteiger partial charge in [0.05, 0.1) is 0 Å². The van der Waals surface area contributed by atoms with Gasteiger partial charge in [0.25, 0.3) is 0 Å². The Morgan fingerprint density at radius 1 is 1.54 bits per heavy atom. The van der Waals surface area contributed by atoms with Crippen molar-refractivity contribution in [3.05, 3.63) is 28.8 Å². The lowest BCUT2D eigenvalue weighted by molar-refractivity contribution is 0.370. The molecule has 0 unspecified atom stereocenters. The number of terminal acetylenes is 1. The van der Waals surface area contributed by atoms with Gasteiger partial charge in [-0.15, -0.1) is 6.42 Å². The summed E-state index contributed by atoms with van der Waals surface area (Å²) in [6, 6.07) is 5.56. The summed E-state index contributed by atoms with van der Waals surface area (Å²) < 4.78 is 5.26. The molecule has 0 N–H and O–H groups in total. The minimum atomic E-state index is 0.296. The van der Waals surface area contributed by atoms with E-state index >= 15 is 0 Å². The number of hydrogen-bond donors (Lipinski definition) is 0. The highest BCUT2D eigenvalue weighted by atomic mass is 35.5. The maximum atomic E-state index is 5.93. The molecule has 0 aliphatic rings. The Bertz CT molecular complexity index is 325. The fraction of sp³-hybridized carbons (Fsp3) is 0.273. The van der Waals surface area contributed by atoms with Crippen molar-refractivity contribution in [2.75, 3.05) is 6.61 Å². The number of aryl methyl sites for hydroxylation is 1. The third kappa shape index (κ3) is 2.68. The third-order valence-electron chi connectivity index (χ3n) is 1.72. The first-order valence-electron chi connectivity index (χ1n) is 4.12. The van der Waals surface area contributed by atoms with Gasteiger partial charge in [0.15, 0.2) is 0 Å². The van der Waals surface area contributed by atoms with Gasteiger partial charge in [-0.1, -0.05) is 24.4 Å². The molecule has 0 aliphatic carbocycles. The van der Waals surface area contributed by atoms with Crippen molar-refractivity contribution in [3.8, 4) is 18.1 Å². The lowest BCUT2D eigenvalue weighted by atomic mass is 10.1. The molecule has 0 spiro atoms. The van der Waals surface area contributed by atoms with Gasteiger partial charge in [-0.05, 0) is 30.2 Å². The van der Waals surface area contributed by atoms with Crippen LogP contribution in [0.2, 0.25) is 5.02 Å². The molecular formula is C11H11ClO. The average molecular weight is 195 g/mol. The maximum absolute atomic E-state index is 5.93. The summed E-state index contributed by atoms with van der Waals surface area (Å²) in [5.41, 5.74) is 1.08. The van der Waals surface area contributed by atoms with E-state index in [9.17, 15) is 0 Å². The molecule has 1 rings (SSSR count). The number of hydrogen-bond acceptors (Lipinski definition) is 1. The Kier molecular flexibility index (Phi) is 3.67. The molecule has 0 radical (unpaired) electrons. The van der Waals surface area contributed by atoms with Crippen molar-refractivity contribution >= 4 is 11.6 Å². The Morgan fingerprint density at radius 2 is 2.31 bits per heavy atom.